The fraction of sp³-hybridized carbons (Fsp3) is 1.00. The first kappa shape index (κ1) is 28.1. The molecule has 4 heteroatoms. The Labute approximate surface area is 200 Å². The second kappa shape index (κ2) is 18.2. The minimum Gasteiger partial charge on any atom is -0.379 e. The molecule has 32 heavy (non-hydrogen) atoms. The van der Waals surface area contributed by atoms with Gasteiger partial charge < -0.3 is 18.7 Å². The summed E-state index contributed by atoms with van der Waals surface area (Å²) >= 11 is 0. The second-order valence-corrected chi connectivity index (χ2v) is 10.9. The maximum Gasteiger partial charge on any atom is 0.102 e. The molecule has 2 atom stereocenters. The van der Waals surface area contributed by atoms with Crippen LogP contribution in [-0.2, 0) is 14.2 Å². The van der Waals surface area contributed by atoms with Crippen molar-refractivity contribution in [3.8, 4) is 0 Å². The van der Waals surface area contributed by atoms with Gasteiger partial charge >= 0.3 is 0 Å². The van der Waals surface area contributed by atoms with Gasteiger partial charge in [-0.05, 0) is 31.6 Å². The Morgan fingerprint density at radius 3 is 2.06 bits per heavy atom. The van der Waals surface area contributed by atoms with Crippen LogP contribution in [0.25, 0.3) is 0 Å². The van der Waals surface area contributed by atoms with Gasteiger partial charge in [0.1, 0.15) is 13.1 Å². The number of hydrogen-bond acceptors (Lipinski definition) is 3. The summed E-state index contributed by atoms with van der Waals surface area (Å²) in [4.78, 5) is 0. The van der Waals surface area contributed by atoms with Crippen LogP contribution in [0.1, 0.15) is 110 Å². The van der Waals surface area contributed by atoms with Crippen molar-refractivity contribution in [2.45, 2.75) is 116 Å². The van der Waals surface area contributed by atoms with Crippen LogP contribution >= 0.6 is 0 Å². The molecule has 0 spiro atoms. The zero-order valence-corrected chi connectivity index (χ0v) is 21.8. The highest BCUT2D eigenvalue weighted by Crippen LogP contribution is 2.25. The molecule has 2 fully saturated rings. The molecule has 2 saturated heterocycles. The summed E-state index contributed by atoms with van der Waals surface area (Å²) in [6.07, 6.45) is 22.5. The Kier molecular flexibility index (Phi) is 16.0. The summed E-state index contributed by atoms with van der Waals surface area (Å²) in [6.45, 7) is 10.4. The maximum atomic E-state index is 6.00. The van der Waals surface area contributed by atoms with Gasteiger partial charge in [-0.1, -0.05) is 84.0 Å². The van der Waals surface area contributed by atoms with Crippen LogP contribution in [0.5, 0.6) is 0 Å². The predicted octanol–water partition coefficient (Wildman–Crippen LogP) is 6.76. The highest BCUT2D eigenvalue weighted by molar-refractivity contribution is 4.73. The van der Waals surface area contributed by atoms with Crippen molar-refractivity contribution in [2.24, 2.45) is 5.92 Å². The summed E-state index contributed by atoms with van der Waals surface area (Å²) in [5.41, 5.74) is 0. The monoisotopic (exact) mass is 454 g/mol. The van der Waals surface area contributed by atoms with E-state index in [4.69, 9.17) is 14.2 Å². The van der Waals surface area contributed by atoms with E-state index in [1.807, 2.05) is 0 Å². The molecule has 0 amide bonds. The van der Waals surface area contributed by atoms with Crippen LogP contribution in [0, 0.1) is 5.92 Å². The number of morpholine rings is 1. The lowest BCUT2D eigenvalue weighted by Crippen LogP contribution is -2.52. The van der Waals surface area contributed by atoms with E-state index < -0.39 is 0 Å². The number of nitrogens with zero attached hydrogens (tertiary/aromatic N) is 1. The van der Waals surface area contributed by atoms with Crippen LogP contribution in [0.3, 0.4) is 0 Å². The van der Waals surface area contributed by atoms with E-state index >= 15 is 0 Å². The Morgan fingerprint density at radius 1 is 0.781 bits per heavy atom. The van der Waals surface area contributed by atoms with Gasteiger partial charge in [0.15, 0.2) is 0 Å². The standard InChI is InChI=1S/C28H56NO3/c1-3-4-5-6-7-8-9-10-11-12-13-14-17-27-24-28(32-25-27)26-31-21-16-15-18-29(2)19-22-30-23-20-29/h27-28H,3-26H2,1-2H3/q+1. The summed E-state index contributed by atoms with van der Waals surface area (Å²) < 4.78 is 18.6. The molecule has 190 valence electrons. The van der Waals surface area contributed by atoms with Gasteiger partial charge in [0.25, 0.3) is 0 Å². The summed E-state index contributed by atoms with van der Waals surface area (Å²) in [5, 5.41) is 0. The summed E-state index contributed by atoms with van der Waals surface area (Å²) in [6, 6.07) is 0. The van der Waals surface area contributed by atoms with Crippen LogP contribution < -0.4 is 0 Å². The van der Waals surface area contributed by atoms with Crippen LogP contribution in [-0.4, -0.2) is 70.3 Å². The van der Waals surface area contributed by atoms with E-state index in [9.17, 15) is 0 Å². The van der Waals surface area contributed by atoms with E-state index in [2.05, 4.69) is 14.0 Å². The third kappa shape index (κ3) is 13.5. The Balaban J connectivity index is 1.32. The molecule has 2 heterocycles. The molecule has 2 rings (SSSR count). The number of hydrogen-bond donors (Lipinski definition) is 0. The minimum atomic E-state index is 0.348. The third-order valence-corrected chi connectivity index (χ3v) is 7.72. The lowest BCUT2D eigenvalue weighted by Gasteiger charge is -2.37. The molecule has 4 nitrogen and oxygen atoms in total. The van der Waals surface area contributed by atoms with Crippen LogP contribution in [0.4, 0.5) is 0 Å². The average molecular weight is 455 g/mol. The number of quaternary nitrogens is 1. The number of rotatable bonds is 20. The molecule has 0 radical (unpaired) electrons. The van der Waals surface area contributed by atoms with Crippen LogP contribution in [0.2, 0.25) is 0 Å². The molecule has 2 aliphatic rings. The van der Waals surface area contributed by atoms with Crippen molar-refractivity contribution in [3.63, 3.8) is 0 Å². The van der Waals surface area contributed by atoms with Crippen molar-refractivity contribution >= 4 is 0 Å². The van der Waals surface area contributed by atoms with Crippen molar-refractivity contribution in [1.82, 2.24) is 0 Å². The molecule has 0 bridgehead atoms. The zero-order chi connectivity index (χ0) is 22.7. The second-order valence-electron chi connectivity index (χ2n) is 10.9. The zero-order valence-electron chi connectivity index (χ0n) is 21.8. The van der Waals surface area contributed by atoms with E-state index in [1.54, 1.807) is 0 Å². The SMILES string of the molecule is CCCCCCCCCCCCCCC1COC(COCCCC[N+]2(C)CCOCC2)C1. The molecule has 0 aromatic rings. The molecular formula is C28H56NO3+. The van der Waals surface area contributed by atoms with Crippen molar-refractivity contribution in [3.05, 3.63) is 0 Å². The van der Waals surface area contributed by atoms with Crippen molar-refractivity contribution in [1.29, 1.82) is 0 Å². The largest absolute Gasteiger partial charge is 0.379 e. The molecule has 0 aromatic carbocycles. The maximum absolute atomic E-state index is 6.00. The third-order valence-electron chi connectivity index (χ3n) is 7.72. The van der Waals surface area contributed by atoms with E-state index in [0.717, 1.165) is 52.0 Å². The predicted molar refractivity (Wildman–Crippen MR) is 135 cm³/mol. The van der Waals surface area contributed by atoms with Gasteiger partial charge in [-0.25, -0.2) is 0 Å². The van der Waals surface area contributed by atoms with Gasteiger partial charge in [0.05, 0.1) is 39.5 Å². The summed E-state index contributed by atoms with van der Waals surface area (Å²) in [7, 11) is 2.37. The minimum absolute atomic E-state index is 0.348. The Morgan fingerprint density at radius 2 is 1.41 bits per heavy atom. The molecule has 0 saturated carbocycles. The van der Waals surface area contributed by atoms with Gasteiger partial charge in [0.2, 0.25) is 0 Å². The van der Waals surface area contributed by atoms with Crippen LogP contribution in [0.15, 0.2) is 0 Å². The first-order valence-electron chi connectivity index (χ1n) is 14.3. The first-order valence-corrected chi connectivity index (χ1v) is 14.3. The highest BCUT2D eigenvalue weighted by Gasteiger charge is 2.26. The average Bonchev–Trinajstić information content (AvgIpc) is 3.25. The number of likely N-dealkylation sites (N-methyl/N-ethyl adjacent to an activating group) is 1. The normalized spacial score (nSPS) is 23.1. The number of ether oxygens (including phenoxy) is 3. The smallest absolute Gasteiger partial charge is 0.102 e. The molecule has 0 aliphatic carbocycles. The molecule has 0 N–H and O–H groups in total. The molecule has 2 unspecified atom stereocenters. The molecular weight excluding hydrogens is 398 g/mol. The lowest BCUT2D eigenvalue weighted by molar-refractivity contribution is -0.917. The van der Waals surface area contributed by atoms with Crippen molar-refractivity contribution in [2.75, 3.05) is 59.7 Å². The fourth-order valence-corrected chi connectivity index (χ4v) is 5.29. The molecule has 0 aromatic heterocycles. The number of unbranched alkanes of at least 4 members (excludes halogenated alkanes) is 12. The Bertz CT molecular complexity index is 425. The lowest BCUT2D eigenvalue weighted by atomic mass is 9.97. The van der Waals surface area contributed by atoms with Gasteiger partial charge in [-0.3, -0.25) is 0 Å². The highest BCUT2D eigenvalue weighted by atomic mass is 16.5. The van der Waals surface area contributed by atoms with E-state index in [0.29, 0.717) is 6.10 Å². The Hall–Kier alpha value is -0.160. The fourth-order valence-electron chi connectivity index (χ4n) is 5.29. The quantitative estimate of drug-likeness (QED) is 0.150. The van der Waals surface area contributed by atoms with E-state index in [-0.39, 0.29) is 0 Å². The van der Waals surface area contributed by atoms with Gasteiger partial charge in [-0.2, -0.15) is 0 Å². The molecule has 2 aliphatic heterocycles. The summed E-state index contributed by atoms with van der Waals surface area (Å²) in [5.74, 6) is 0.775. The first-order chi connectivity index (χ1) is 15.7. The van der Waals surface area contributed by atoms with E-state index in [1.165, 1.54) is 114 Å². The van der Waals surface area contributed by atoms with Gasteiger partial charge in [-0.15, -0.1) is 0 Å². The van der Waals surface area contributed by atoms with Crippen molar-refractivity contribution < 1.29 is 18.7 Å². The van der Waals surface area contributed by atoms with Gasteiger partial charge in [0, 0.05) is 13.2 Å². The topological polar surface area (TPSA) is 27.7 Å².